The molecule has 7 heteroatoms. The summed E-state index contributed by atoms with van der Waals surface area (Å²) in [5, 5.41) is 12.3. The maximum atomic E-state index is 13.0. The Kier molecular flexibility index (Phi) is 7.82. The average molecular weight is 591 g/mol. The van der Waals surface area contributed by atoms with Crippen molar-refractivity contribution in [1.29, 1.82) is 5.26 Å². The van der Waals surface area contributed by atoms with Crippen molar-refractivity contribution in [2.75, 3.05) is 5.32 Å². The van der Waals surface area contributed by atoms with E-state index in [-0.39, 0.29) is 18.0 Å². The van der Waals surface area contributed by atoms with Crippen molar-refractivity contribution >= 4 is 56.2 Å². The second-order valence-corrected chi connectivity index (χ2v) is 8.68. The van der Waals surface area contributed by atoms with Crippen molar-refractivity contribution in [1.82, 2.24) is 0 Å². The van der Waals surface area contributed by atoms with Crippen molar-refractivity contribution in [3.63, 3.8) is 0 Å². The third-order valence-corrected chi connectivity index (χ3v) is 5.78. The fraction of sp³-hybridized carbons (Fsp3) is 0.0833. The molecule has 0 unspecified atom stereocenters. The molecule has 3 rings (SSSR count). The molecule has 0 aromatic heterocycles. The maximum Gasteiger partial charge on any atom is 0.266 e. The standard InChI is InChI=1S/C24H17BrFIN2O2/c1-15-4-2-3-5-22(15)29-24(30)18(13-28)10-17-11-20(25)23(21(27)12-17)31-14-16-6-8-19(26)9-7-16/h2-12H,14H2,1H3,(H,29,30)/b18-10-. The number of nitrogens with one attached hydrogen (secondary N) is 1. The summed E-state index contributed by atoms with van der Waals surface area (Å²) >= 11 is 5.62. The van der Waals surface area contributed by atoms with Crippen LogP contribution in [0.1, 0.15) is 16.7 Å². The van der Waals surface area contributed by atoms with Crippen LogP contribution in [-0.2, 0) is 11.4 Å². The fourth-order valence-corrected chi connectivity index (χ4v) is 4.52. The molecular formula is C24H17BrFIN2O2. The van der Waals surface area contributed by atoms with Crippen LogP contribution in [0.3, 0.4) is 0 Å². The predicted octanol–water partition coefficient (Wildman–Crippen LogP) is 6.63. The number of anilines is 1. The second-order valence-electron chi connectivity index (χ2n) is 6.67. The number of aryl methyl sites for hydroxylation is 1. The number of halogens is 3. The van der Waals surface area contributed by atoms with E-state index in [2.05, 4.69) is 43.8 Å². The number of hydrogen-bond acceptors (Lipinski definition) is 3. The minimum atomic E-state index is -0.473. The molecule has 156 valence electrons. The third kappa shape index (κ3) is 6.15. The van der Waals surface area contributed by atoms with E-state index in [1.54, 1.807) is 24.3 Å². The third-order valence-electron chi connectivity index (χ3n) is 4.39. The number of carbonyl (C=O) groups is 1. The van der Waals surface area contributed by atoms with Crippen LogP contribution in [0.4, 0.5) is 10.1 Å². The average Bonchev–Trinajstić information content (AvgIpc) is 2.74. The summed E-state index contributed by atoms with van der Waals surface area (Å²) in [6.07, 6.45) is 1.53. The molecule has 0 aliphatic rings. The van der Waals surface area contributed by atoms with E-state index >= 15 is 0 Å². The maximum absolute atomic E-state index is 13.0. The Balaban J connectivity index is 1.78. The van der Waals surface area contributed by atoms with Gasteiger partial charge in [-0.05, 0) is 98.5 Å². The van der Waals surface area contributed by atoms with Gasteiger partial charge in [0.25, 0.3) is 5.91 Å². The largest absolute Gasteiger partial charge is 0.487 e. The Hall–Kier alpha value is -2.70. The van der Waals surface area contributed by atoms with Crippen molar-refractivity contribution in [2.24, 2.45) is 0 Å². The first kappa shape index (κ1) is 23.0. The van der Waals surface area contributed by atoms with E-state index in [4.69, 9.17) is 4.74 Å². The summed E-state index contributed by atoms with van der Waals surface area (Å²) in [5.74, 6) is -0.139. The van der Waals surface area contributed by atoms with Gasteiger partial charge in [0.1, 0.15) is 29.8 Å². The van der Waals surface area contributed by atoms with Gasteiger partial charge >= 0.3 is 0 Å². The molecular weight excluding hydrogens is 574 g/mol. The molecule has 0 heterocycles. The van der Waals surface area contributed by atoms with E-state index in [0.717, 1.165) is 14.7 Å². The highest BCUT2D eigenvalue weighted by atomic mass is 127. The van der Waals surface area contributed by atoms with Crippen LogP contribution < -0.4 is 10.1 Å². The van der Waals surface area contributed by atoms with Gasteiger partial charge in [-0.3, -0.25) is 4.79 Å². The number of nitrogens with zero attached hydrogens (tertiary/aromatic N) is 1. The van der Waals surface area contributed by atoms with Gasteiger partial charge in [-0.1, -0.05) is 30.3 Å². The van der Waals surface area contributed by atoms with E-state index in [1.807, 2.05) is 37.3 Å². The van der Waals surface area contributed by atoms with Gasteiger partial charge in [0.05, 0.1) is 8.04 Å². The normalized spacial score (nSPS) is 11.0. The molecule has 0 spiro atoms. The lowest BCUT2D eigenvalue weighted by Crippen LogP contribution is -2.14. The Morgan fingerprint density at radius 1 is 1.23 bits per heavy atom. The van der Waals surface area contributed by atoms with Gasteiger partial charge in [0.2, 0.25) is 0 Å². The molecule has 0 aliphatic heterocycles. The van der Waals surface area contributed by atoms with Gasteiger partial charge in [-0.15, -0.1) is 0 Å². The number of carbonyl (C=O) groups excluding carboxylic acids is 1. The highest BCUT2D eigenvalue weighted by Crippen LogP contribution is 2.33. The lowest BCUT2D eigenvalue weighted by atomic mass is 10.1. The lowest BCUT2D eigenvalue weighted by Gasteiger charge is -2.12. The van der Waals surface area contributed by atoms with E-state index in [1.165, 1.54) is 18.2 Å². The molecule has 4 nitrogen and oxygen atoms in total. The van der Waals surface area contributed by atoms with Gasteiger partial charge in [-0.2, -0.15) is 5.26 Å². The SMILES string of the molecule is Cc1ccccc1NC(=O)/C(C#N)=C\c1cc(Br)c(OCc2ccc(F)cc2)c(I)c1. The Labute approximate surface area is 202 Å². The summed E-state index contributed by atoms with van der Waals surface area (Å²) in [5.41, 5.74) is 3.09. The van der Waals surface area contributed by atoms with E-state index in [0.29, 0.717) is 21.5 Å². The zero-order valence-corrected chi connectivity index (χ0v) is 20.2. The van der Waals surface area contributed by atoms with Gasteiger partial charge in [0.15, 0.2) is 0 Å². The fourth-order valence-electron chi connectivity index (χ4n) is 2.75. The number of hydrogen-bond donors (Lipinski definition) is 1. The van der Waals surface area contributed by atoms with Crippen molar-refractivity contribution < 1.29 is 13.9 Å². The number of amides is 1. The Bertz CT molecular complexity index is 1160. The van der Waals surface area contributed by atoms with Crippen LogP contribution in [0.15, 0.2) is 70.7 Å². The highest BCUT2D eigenvalue weighted by molar-refractivity contribution is 14.1. The molecule has 0 aliphatic carbocycles. The molecule has 1 amide bonds. The molecule has 1 N–H and O–H groups in total. The van der Waals surface area contributed by atoms with E-state index in [9.17, 15) is 14.4 Å². The number of ether oxygens (including phenoxy) is 1. The molecule has 0 fully saturated rings. The zero-order chi connectivity index (χ0) is 22.4. The molecule has 0 bridgehead atoms. The van der Waals surface area contributed by atoms with Crippen molar-refractivity contribution in [2.45, 2.75) is 13.5 Å². The Morgan fingerprint density at radius 2 is 1.94 bits per heavy atom. The monoisotopic (exact) mass is 590 g/mol. The first-order valence-corrected chi connectivity index (χ1v) is 11.1. The topological polar surface area (TPSA) is 62.1 Å². The predicted molar refractivity (Wildman–Crippen MR) is 131 cm³/mol. The number of rotatable bonds is 6. The van der Waals surface area contributed by atoms with Crippen LogP contribution in [0, 0.1) is 27.6 Å². The van der Waals surface area contributed by atoms with Crippen LogP contribution in [-0.4, -0.2) is 5.91 Å². The summed E-state index contributed by atoms with van der Waals surface area (Å²) in [7, 11) is 0. The van der Waals surface area contributed by atoms with Gasteiger partial charge < -0.3 is 10.1 Å². The number of para-hydroxylation sites is 1. The van der Waals surface area contributed by atoms with Crippen LogP contribution >= 0.6 is 38.5 Å². The Morgan fingerprint density at radius 3 is 2.58 bits per heavy atom. The molecule has 0 radical (unpaired) electrons. The van der Waals surface area contributed by atoms with Crippen LogP contribution in [0.2, 0.25) is 0 Å². The highest BCUT2D eigenvalue weighted by Gasteiger charge is 2.13. The zero-order valence-electron chi connectivity index (χ0n) is 16.5. The minimum absolute atomic E-state index is 0.00839. The summed E-state index contributed by atoms with van der Waals surface area (Å²) < 4.78 is 20.4. The number of benzene rings is 3. The lowest BCUT2D eigenvalue weighted by molar-refractivity contribution is -0.112. The molecule has 0 atom stereocenters. The molecule has 31 heavy (non-hydrogen) atoms. The van der Waals surface area contributed by atoms with Crippen LogP contribution in [0.5, 0.6) is 5.75 Å². The van der Waals surface area contributed by atoms with Crippen LogP contribution in [0.25, 0.3) is 6.08 Å². The molecule has 3 aromatic carbocycles. The molecule has 3 aromatic rings. The summed E-state index contributed by atoms with van der Waals surface area (Å²) in [6.45, 7) is 2.17. The van der Waals surface area contributed by atoms with Crippen molar-refractivity contribution in [3.05, 3.63) is 96.8 Å². The first-order valence-electron chi connectivity index (χ1n) is 9.22. The summed E-state index contributed by atoms with van der Waals surface area (Å²) in [4.78, 5) is 12.6. The molecule has 0 saturated heterocycles. The second kappa shape index (κ2) is 10.6. The van der Waals surface area contributed by atoms with Gasteiger partial charge in [-0.25, -0.2) is 4.39 Å². The quantitative estimate of drug-likeness (QED) is 0.199. The van der Waals surface area contributed by atoms with E-state index < -0.39 is 5.91 Å². The molecule has 0 saturated carbocycles. The van der Waals surface area contributed by atoms with Crippen molar-refractivity contribution in [3.8, 4) is 11.8 Å². The summed E-state index contributed by atoms with van der Waals surface area (Å²) in [6, 6.07) is 19.0. The smallest absolute Gasteiger partial charge is 0.266 e. The minimum Gasteiger partial charge on any atom is -0.487 e. The number of nitriles is 1. The first-order chi connectivity index (χ1) is 14.9. The van der Waals surface area contributed by atoms with Gasteiger partial charge in [0, 0.05) is 5.69 Å².